The van der Waals surface area contributed by atoms with Gasteiger partial charge in [0, 0.05) is 5.25 Å². The molecule has 3 aliphatic rings. The second-order valence-corrected chi connectivity index (χ2v) is 12.8. The van der Waals surface area contributed by atoms with Crippen molar-refractivity contribution in [2.75, 3.05) is 0 Å². The van der Waals surface area contributed by atoms with Gasteiger partial charge in [0.1, 0.15) is 0 Å². The number of hydrogen-bond acceptors (Lipinski definition) is 2. The summed E-state index contributed by atoms with van der Waals surface area (Å²) >= 11 is 4.48. The number of allylic oxidation sites excluding steroid dienone is 1. The van der Waals surface area contributed by atoms with Crippen LogP contribution in [0, 0.1) is 12.1 Å². The minimum absolute atomic E-state index is 0. The van der Waals surface area contributed by atoms with Crippen LogP contribution in [-0.2, 0) is 40.8 Å². The van der Waals surface area contributed by atoms with Crippen molar-refractivity contribution in [2.45, 2.75) is 11.7 Å². The summed E-state index contributed by atoms with van der Waals surface area (Å²) in [6.45, 7) is 0. The van der Waals surface area contributed by atoms with Gasteiger partial charge in [0.05, 0.1) is 0 Å². The SMILES string of the molecule is BrC1=[C-]C2=Cc3ccccc3C2S1.[Cl][Zr][Cl].[SH-].[c-]1cccc2c1Cc1ccccc1-2. The number of fused-ring (bicyclic) bond motifs is 6. The van der Waals surface area contributed by atoms with E-state index in [2.05, 4.69) is 94.8 Å². The van der Waals surface area contributed by atoms with Gasteiger partial charge in [-0.05, 0) is 15.8 Å². The molecule has 0 bridgehead atoms. The molecule has 0 radical (unpaired) electrons. The standard InChI is InChI=1S/C13H9.C11H6BrS.2ClH.H2S.Zr/c1-3-7-12-10(5-1)9-11-6-2-4-8-13(11)12;12-10-6-8-5-7-3-1-2-4-9(7)11(8)13-10;;;;/h1-5,7-8H,9H2;1-5,11H;2*1H;1H2;/q2*-1;;;;+2/p-3. The Balaban J connectivity index is 0.000000147. The summed E-state index contributed by atoms with van der Waals surface area (Å²) in [5.74, 6) is 0. The molecule has 3 aromatic rings. The molecule has 0 spiro atoms. The van der Waals surface area contributed by atoms with E-state index in [9.17, 15) is 0 Å². The van der Waals surface area contributed by atoms with Crippen molar-refractivity contribution in [3.05, 3.63) is 111 Å². The second-order valence-electron chi connectivity index (χ2n) is 6.59. The summed E-state index contributed by atoms with van der Waals surface area (Å²) in [5, 5.41) is 0.491. The minimum Gasteiger partial charge on any atom is -0.813 e. The molecule has 1 atom stereocenters. The number of hydrogen-bond donors (Lipinski definition) is 0. The Kier molecular flexibility index (Phi) is 9.44. The van der Waals surface area contributed by atoms with Crippen molar-refractivity contribution in [1.29, 1.82) is 0 Å². The van der Waals surface area contributed by atoms with Gasteiger partial charge in [-0.3, -0.25) is 0 Å². The van der Waals surface area contributed by atoms with Crippen molar-refractivity contribution in [3.8, 4) is 11.1 Å². The predicted molar refractivity (Wildman–Crippen MR) is 134 cm³/mol. The smallest absolute Gasteiger partial charge is 0.0253 e. The molecule has 1 aliphatic heterocycles. The van der Waals surface area contributed by atoms with E-state index < -0.39 is 20.8 Å². The van der Waals surface area contributed by atoms with E-state index in [0.29, 0.717) is 5.25 Å². The van der Waals surface area contributed by atoms with Gasteiger partial charge in [0.25, 0.3) is 0 Å². The molecule has 3 aromatic carbocycles. The predicted octanol–water partition coefficient (Wildman–Crippen LogP) is 8.08. The van der Waals surface area contributed by atoms with Crippen LogP contribution in [0.5, 0.6) is 0 Å². The number of thioether (sulfide) groups is 1. The molecule has 0 nitrogen and oxygen atoms in total. The van der Waals surface area contributed by atoms with Crippen LogP contribution in [0.3, 0.4) is 0 Å². The first kappa shape index (κ1) is 24.4. The van der Waals surface area contributed by atoms with Gasteiger partial charge < -0.3 is 13.5 Å². The fourth-order valence-electron chi connectivity index (χ4n) is 3.76. The van der Waals surface area contributed by atoms with Crippen molar-refractivity contribution >= 4 is 64.3 Å². The van der Waals surface area contributed by atoms with Gasteiger partial charge >= 0.3 is 37.9 Å². The number of benzene rings is 3. The number of rotatable bonds is 0. The minimum atomic E-state index is -0.826. The maximum atomic E-state index is 4.93. The zero-order valence-corrected chi connectivity index (χ0v) is 23.0. The van der Waals surface area contributed by atoms with Gasteiger partial charge in [-0.2, -0.15) is 41.5 Å². The third-order valence-corrected chi connectivity index (χ3v) is 6.76. The fraction of sp³-hybridized carbons (Fsp3) is 0.0833. The molecule has 6 heteroatoms. The maximum absolute atomic E-state index is 4.93. The number of halogens is 3. The molecule has 30 heavy (non-hydrogen) atoms. The Morgan fingerprint density at radius 1 is 0.967 bits per heavy atom. The largest absolute Gasteiger partial charge is 0.813 e. The average molecular weight is 611 g/mol. The first-order valence-electron chi connectivity index (χ1n) is 9.02. The summed E-state index contributed by atoms with van der Waals surface area (Å²) in [7, 11) is 9.87. The van der Waals surface area contributed by atoms with Crippen molar-refractivity contribution in [3.63, 3.8) is 0 Å². The van der Waals surface area contributed by atoms with Gasteiger partial charge in [0.15, 0.2) is 0 Å². The van der Waals surface area contributed by atoms with E-state index in [4.69, 9.17) is 17.0 Å². The molecule has 0 fully saturated rings. The van der Waals surface area contributed by atoms with Crippen LogP contribution in [0.4, 0.5) is 0 Å². The molecule has 0 saturated heterocycles. The molecule has 1 heterocycles. The fourth-order valence-corrected chi connectivity index (χ4v) is 5.53. The molecular formula is C24H16BrCl2S2Zr-3. The summed E-state index contributed by atoms with van der Waals surface area (Å²) in [6, 6.07) is 26.7. The average Bonchev–Trinajstić information content (AvgIpc) is 3.39. The molecule has 6 rings (SSSR count). The van der Waals surface area contributed by atoms with Crippen LogP contribution < -0.4 is 0 Å². The normalized spacial score (nSPS) is 16.0. The number of thiol groups is 1. The first-order valence-corrected chi connectivity index (χ1v) is 17.0. The van der Waals surface area contributed by atoms with E-state index >= 15 is 0 Å². The van der Waals surface area contributed by atoms with Gasteiger partial charge in [-0.1, -0.05) is 75.6 Å². The molecule has 0 saturated carbocycles. The molecule has 1 unspecified atom stereocenters. The van der Waals surface area contributed by atoms with Crippen LogP contribution in [-0.4, -0.2) is 0 Å². The van der Waals surface area contributed by atoms with Gasteiger partial charge in [-0.25, -0.2) is 6.08 Å². The van der Waals surface area contributed by atoms with Crippen molar-refractivity contribution in [1.82, 2.24) is 0 Å². The summed E-state index contributed by atoms with van der Waals surface area (Å²) in [4.78, 5) is 0. The molecule has 0 N–H and O–H groups in total. The van der Waals surface area contributed by atoms with Gasteiger partial charge in [0.2, 0.25) is 0 Å². The van der Waals surface area contributed by atoms with E-state index in [1.54, 1.807) is 0 Å². The van der Waals surface area contributed by atoms with Crippen LogP contribution in [0.1, 0.15) is 27.5 Å². The Morgan fingerprint density at radius 2 is 1.67 bits per heavy atom. The quantitative estimate of drug-likeness (QED) is 0.112. The Labute approximate surface area is 216 Å². The van der Waals surface area contributed by atoms with Crippen LogP contribution in [0.15, 0.2) is 76.1 Å². The van der Waals surface area contributed by atoms with E-state index in [1.165, 1.54) is 39.0 Å². The summed E-state index contributed by atoms with van der Waals surface area (Å²) in [6.07, 6.45) is 6.59. The van der Waals surface area contributed by atoms with E-state index in [1.807, 2.05) is 17.8 Å². The molecule has 0 aromatic heterocycles. The van der Waals surface area contributed by atoms with Crippen molar-refractivity contribution < 1.29 is 20.8 Å². The van der Waals surface area contributed by atoms with Crippen molar-refractivity contribution in [2.24, 2.45) is 0 Å². The van der Waals surface area contributed by atoms with Crippen LogP contribution in [0.2, 0.25) is 0 Å². The zero-order valence-electron chi connectivity index (χ0n) is 15.7. The van der Waals surface area contributed by atoms with E-state index in [-0.39, 0.29) is 13.5 Å². The van der Waals surface area contributed by atoms with E-state index in [0.717, 1.165) is 10.2 Å². The molecule has 2 aliphatic carbocycles. The first-order chi connectivity index (χ1) is 14.2. The van der Waals surface area contributed by atoms with Gasteiger partial charge in [-0.15, -0.1) is 22.9 Å². The Bertz CT molecular complexity index is 1050. The second kappa shape index (κ2) is 11.6. The molecule has 152 valence electrons. The zero-order chi connectivity index (χ0) is 20.2. The van der Waals surface area contributed by atoms with Crippen LogP contribution in [0.25, 0.3) is 17.2 Å². The maximum Gasteiger partial charge on any atom is -0.0253 e. The topological polar surface area (TPSA) is 0 Å². The molecular weight excluding hydrogens is 594 g/mol. The summed E-state index contributed by atoms with van der Waals surface area (Å²) in [5.41, 5.74) is 9.58. The third-order valence-electron chi connectivity index (χ3n) is 4.95. The Hall–Kier alpha value is -0.217. The van der Waals surface area contributed by atoms with Crippen LogP contribution >= 0.6 is 44.7 Å². The summed E-state index contributed by atoms with van der Waals surface area (Å²) < 4.78 is 1.12. The third kappa shape index (κ3) is 5.39. The monoisotopic (exact) mass is 607 g/mol. The Morgan fingerprint density at radius 3 is 2.50 bits per heavy atom. The molecule has 0 amide bonds.